The molecule has 2 heterocycles. The average molecular weight is 354 g/mol. The molecule has 2 atom stereocenters. The molecule has 3 rings (SSSR count). The van der Waals surface area contributed by atoms with E-state index in [1.165, 1.54) is 37.8 Å². The van der Waals surface area contributed by atoms with Crippen LogP contribution in [-0.2, 0) is 0 Å². The summed E-state index contributed by atoms with van der Waals surface area (Å²) < 4.78 is 2.42. The Kier molecular flexibility index (Phi) is 6.76. The van der Waals surface area contributed by atoms with Crippen molar-refractivity contribution in [3.63, 3.8) is 0 Å². The fourth-order valence-corrected chi connectivity index (χ4v) is 4.43. The fraction of sp³-hybridized carbons (Fsp3) is 0.737. The van der Waals surface area contributed by atoms with Crippen LogP contribution in [0.2, 0.25) is 0 Å². The molecule has 2 unspecified atom stereocenters. The SMILES string of the molecule is Cc1cc(C(=O)NC2CCNC(C)C2)c(C)n1C1CCCCC1.Cl. The van der Waals surface area contributed by atoms with Gasteiger partial charge < -0.3 is 15.2 Å². The van der Waals surface area contributed by atoms with E-state index in [-0.39, 0.29) is 18.3 Å². The van der Waals surface area contributed by atoms with Crippen molar-refractivity contribution in [2.75, 3.05) is 6.54 Å². The number of hydrogen-bond donors (Lipinski definition) is 2. The van der Waals surface area contributed by atoms with Crippen LogP contribution in [0.4, 0.5) is 0 Å². The molecule has 4 nitrogen and oxygen atoms in total. The summed E-state index contributed by atoms with van der Waals surface area (Å²) in [5.74, 6) is 0.110. The van der Waals surface area contributed by atoms with Gasteiger partial charge in [0.2, 0.25) is 0 Å². The lowest BCUT2D eigenvalue weighted by Gasteiger charge is -2.29. The maximum Gasteiger partial charge on any atom is 0.253 e. The van der Waals surface area contributed by atoms with E-state index in [1.807, 2.05) is 0 Å². The summed E-state index contributed by atoms with van der Waals surface area (Å²) in [7, 11) is 0. The predicted octanol–water partition coefficient (Wildman–Crippen LogP) is 3.90. The molecule has 1 aliphatic carbocycles. The number of rotatable bonds is 3. The highest BCUT2D eigenvalue weighted by Gasteiger charge is 2.25. The van der Waals surface area contributed by atoms with Gasteiger partial charge in [-0.1, -0.05) is 19.3 Å². The van der Waals surface area contributed by atoms with E-state index < -0.39 is 0 Å². The number of carbonyl (C=O) groups is 1. The number of nitrogens with zero attached hydrogens (tertiary/aromatic N) is 1. The van der Waals surface area contributed by atoms with Gasteiger partial charge in [-0.3, -0.25) is 4.79 Å². The number of nitrogens with one attached hydrogen (secondary N) is 2. The standard InChI is InChI=1S/C19H31N3O.ClH/c1-13-11-16(9-10-20-13)21-19(23)18-12-14(2)22(15(18)3)17-7-5-4-6-8-17;/h12-13,16-17,20H,4-11H2,1-3H3,(H,21,23);1H. The molecular weight excluding hydrogens is 322 g/mol. The van der Waals surface area contributed by atoms with Crippen LogP contribution in [0.15, 0.2) is 6.07 Å². The summed E-state index contributed by atoms with van der Waals surface area (Å²) in [6.07, 6.45) is 8.54. The molecule has 1 aromatic rings. The summed E-state index contributed by atoms with van der Waals surface area (Å²) >= 11 is 0. The van der Waals surface area contributed by atoms with Gasteiger partial charge >= 0.3 is 0 Å². The minimum atomic E-state index is 0. The van der Waals surface area contributed by atoms with Gasteiger partial charge in [-0.15, -0.1) is 12.4 Å². The summed E-state index contributed by atoms with van der Waals surface area (Å²) in [5.41, 5.74) is 3.26. The van der Waals surface area contributed by atoms with Crippen LogP contribution >= 0.6 is 12.4 Å². The smallest absolute Gasteiger partial charge is 0.253 e. The lowest BCUT2D eigenvalue weighted by molar-refractivity contribution is 0.0925. The maximum absolute atomic E-state index is 12.7. The van der Waals surface area contributed by atoms with Gasteiger partial charge in [-0.05, 0) is 59.1 Å². The van der Waals surface area contributed by atoms with Crippen molar-refractivity contribution in [1.29, 1.82) is 0 Å². The first-order chi connectivity index (χ1) is 11.1. The molecule has 2 N–H and O–H groups in total. The highest BCUT2D eigenvalue weighted by Crippen LogP contribution is 2.32. The van der Waals surface area contributed by atoms with E-state index in [0.717, 1.165) is 30.6 Å². The Labute approximate surface area is 152 Å². The Bertz CT molecular complexity index is 563. The number of aryl methyl sites for hydroxylation is 1. The molecule has 1 aliphatic heterocycles. The molecule has 24 heavy (non-hydrogen) atoms. The first-order valence-electron chi connectivity index (χ1n) is 9.29. The molecule has 2 fully saturated rings. The van der Waals surface area contributed by atoms with Gasteiger partial charge in [0, 0.05) is 29.5 Å². The molecule has 0 bridgehead atoms. The first-order valence-corrected chi connectivity index (χ1v) is 9.29. The van der Waals surface area contributed by atoms with E-state index in [1.54, 1.807) is 0 Å². The topological polar surface area (TPSA) is 46.1 Å². The van der Waals surface area contributed by atoms with Gasteiger partial charge in [-0.25, -0.2) is 0 Å². The van der Waals surface area contributed by atoms with Crippen LogP contribution in [0.1, 0.15) is 79.7 Å². The van der Waals surface area contributed by atoms with E-state index in [4.69, 9.17) is 0 Å². The lowest BCUT2D eigenvalue weighted by atomic mass is 9.95. The zero-order chi connectivity index (χ0) is 16.4. The minimum absolute atomic E-state index is 0. The van der Waals surface area contributed by atoms with Crippen LogP contribution in [0.5, 0.6) is 0 Å². The molecule has 1 amide bonds. The fourth-order valence-electron chi connectivity index (χ4n) is 4.43. The molecule has 2 aliphatic rings. The Balaban J connectivity index is 0.00000208. The molecule has 1 aromatic heterocycles. The van der Waals surface area contributed by atoms with Crippen molar-refractivity contribution < 1.29 is 4.79 Å². The minimum Gasteiger partial charge on any atom is -0.349 e. The molecule has 1 saturated heterocycles. The maximum atomic E-state index is 12.7. The molecular formula is C19H32ClN3O. The number of halogens is 1. The van der Waals surface area contributed by atoms with Crippen molar-refractivity contribution in [3.8, 4) is 0 Å². The summed E-state index contributed by atoms with van der Waals surface area (Å²) in [5, 5.41) is 6.69. The highest BCUT2D eigenvalue weighted by atomic mass is 35.5. The highest BCUT2D eigenvalue weighted by molar-refractivity contribution is 5.95. The van der Waals surface area contributed by atoms with Gasteiger partial charge in [0.25, 0.3) is 5.91 Å². The quantitative estimate of drug-likeness (QED) is 0.865. The van der Waals surface area contributed by atoms with E-state index in [2.05, 4.69) is 42.0 Å². The normalized spacial score (nSPS) is 25.1. The molecule has 1 saturated carbocycles. The number of carbonyl (C=O) groups excluding carboxylic acids is 1. The first kappa shape index (κ1) is 19.3. The molecule has 0 spiro atoms. The average Bonchev–Trinajstić information content (AvgIpc) is 2.83. The lowest BCUT2D eigenvalue weighted by Crippen LogP contribution is -2.46. The molecule has 136 valence electrons. The van der Waals surface area contributed by atoms with E-state index in [0.29, 0.717) is 18.1 Å². The van der Waals surface area contributed by atoms with Gasteiger partial charge in [-0.2, -0.15) is 0 Å². The second-order valence-electron chi connectivity index (χ2n) is 7.50. The van der Waals surface area contributed by atoms with Crippen molar-refractivity contribution in [3.05, 3.63) is 23.0 Å². The Morgan fingerprint density at radius 2 is 1.92 bits per heavy atom. The van der Waals surface area contributed by atoms with Crippen LogP contribution in [-0.4, -0.2) is 29.1 Å². The zero-order valence-corrected chi connectivity index (χ0v) is 16.0. The van der Waals surface area contributed by atoms with Crippen molar-refractivity contribution >= 4 is 18.3 Å². The van der Waals surface area contributed by atoms with Gasteiger partial charge in [0.1, 0.15) is 0 Å². The molecule has 5 heteroatoms. The number of aromatic nitrogens is 1. The van der Waals surface area contributed by atoms with E-state index >= 15 is 0 Å². The van der Waals surface area contributed by atoms with Crippen molar-refractivity contribution in [2.24, 2.45) is 0 Å². The summed E-state index contributed by atoms with van der Waals surface area (Å²) in [6, 6.07) is 3.47. The zero-order valence-electron chi connectivity index (χ0n) is 15.2. The Morgan fingerprint density at radius 3 is 2.58 bits per heavy atom. The third-order valence-electron chi connectivity index (χ3n) is 5.63. The largest absolute Gasteiger partial charge is 0.349 e. The second kappa shape index (κ2) is 8.39. The van der Waals surface area contributed by atoms with Crippen LogP contribution < -0.4 is 10.6 Å². The van der Waals surface area contributed by atoms with Gasteiger partial charge in [0.05, 0.1) is 5.56 Å². The summed E-state index contributed by atoms with van der Waals surface area (Å²) in [4.78, 5) is 12.7. The Hall–Kier alpha value is -1.000. The summed E-state index contributed by atoms with van der Waals surface area (Å²) in [6.45, 7) is 7.44. The van der Waals surface area contributed by atoms with Crippen LogP contribution in [0.25, 0.3) is 0 Å². The van der Waals surface area contributed by atoms with Crippen molar-refractivity contribution in [1.82, 2.24) is 15.2 Å². The van der Waals surface area contributed by atoms with Gasteiger partial charge in [0.15, 0.2) is 0 Å². The number of piperidine rings is 1. The third kappa shape index (κ3) is 4.15. The third-order valence-corrected chi connectivity index (χ3v) is 5.63. The van der Waals surface area contributed by atoms with Crippen molar-refractivity contribution in [2.45, 2.75) is 83.8 Å². The molecule has 0 aromatic carbocycles. The van der Waals surface area contributed by atoms with E-state index in [9.17, 15) is 4.79 Å². The monoisotopic (exact) mass is 353 g/mol. The van der Waals surface area contributed by atoms with Crippen LogP contribution in [0.3, 0.4) is 0 Å². The van der Waals surface area contributed by atoms with Crippen LogP contribution in [0, 0.1) is 13.8 Å². The Morgan fingerprint density at radius 1 is 1.21 bits per heavy atom. The predicted molar refractivity (Wildman–Crippen MR) is 101 cm³/mol. The number of hydrogen-bond acceptors (Lipinski definition) is 2. The number of amides is 1. The molecule has 0 radical (unpaired) electrons. The second-order valence-corrected chi connectivity index (χ2v) is 7.50.